The van der Waals surface area contributed by atoms with Crippen molar-refractivity contribution in [2.75, 3.05) is 12.9 Å². The summed E-state index contributed by atoms with van der Waals surface area (Å²) in [6.45, 7) is 4.06. The summed E-state index contributed by atoms with van der Waals surface area (Å²) in [6, 6.07) is 11.7. The number of sulfone groups is 1. The van der Waals surface area contributed by atoms with Crippen LogP contribution in [0.5, 0.6) is 5.75 Å². The molecule has 7 nitrogen and oxygen atoms in total. The van der Waals surface area contributed by atoms with E-state index in [2.05, 4.69) is 12.2 Å². The summed E-state index contributed by atoms with van der Waals surface area (Å²) in [5, 5.41) is 15.2. The largest absolute Gasteiger partial charge is 0.490 e. The maximum Gasteiger partial charge on any atom is 0.311 e. The Morgan fingerprint density at radius 3 is 2.50 bits per heavy atom. The first kappa shape index (κ1) is 22.2. The Morgan fingerprint density at radius 2 is 1.93 bits per heavy atom. The van der Waals surface area contributed by atoms with E-state index in [0.29, 0.717) is 18.4 Å². The number of hydrogen-bond acceptors (Lipinski definition) is 6. The molecular weight excluding hydrogens is 404 g/mol. The van der Waals surface area contributed by atoms with Gasteiger partial charge in [-0.1, -0.05) is 57.0 Å². The van der Waals surface area contributed by atoms with Crippen molar-refractivity contribution in [2.24, 2.45) is 0 Å². The minimum atomic E-state index is -3.71. The summed E-state index contributed by atoms with van der Waals surface area (Å²) >= 11 is 0. The van der Waals surface area contributed by atoms with Gasteiger partial charge in [0, 0.05) is 17.7 Å². The van der Waals surface area contributed by atoms with Gasteiger partial charge in [-0.2, -0.15) is 0 Å². The number of methoxy groups -OCH3 is 1. The van der Waals surface area contributed by atoms with E-state index in [0.717, 1.165) is 18.4 Å². The van der Waals surface area contributed by atoms with E-state index in [4.69, 9.17) is 4.74 Å². The molecule has 0 radical (unpaired) electrons. The molecule has 1 heterocycles. The van der Waals surface area contributed by atoms with E-state index in [-0.39, 0.29) is 22.1 Å². The van der Waals surface area contributed by atoms with Gasteiger partial charge in [-0.15, -0.1) is 0 Å². The second kappa shape index (κ2) is 8.73. The first-order valence-corrected chi connectivity index (χ1v) is 11.8. The van der Waals surface area contributed by atoms with Crippen LogP contribution in [0.3, 0.4) is 0 Å². The molecule has 0 saturated carbocycles. The minimum absolute atomic E-state index is 0.0494. The van der Waals surface area contributed by atoms with Gasteiger partial charge in [0.15, 0.2) is 15.6 Å². The number of rotatable bonds is 7. The first-order valence-electron chi connectivity index (χ1n) is 10.2. The van der Waals surface area contributed by atoms with Crippen LogP contribution < -0.4 is 10.1 Å². The van der Waals surface area contributed by atoms with Gasteiger partial charge in [0.1, 0.15) is 0 Å². The summed E-state index contributed by atoms with van der Waals surface area (Å²) in [6.07, 6.45) is 3.17. The van der Waals surface area contributed by atoms with E-state index in [1.807, 2.05) is 37.3 Å². The molecule has 0 aromatic heterocycles. The lowest BCUT2D eigenvalue weighted by Crippen LogP contribution is -2.50. The van der Waals surface area contributed by atoms with Crippen LogP contribution >= 0.6 is 0 Å². The highest BCUT2D eigenvalue weighted by Gasteiger charge is 2.43. The van der Waals surface area contributed by atoms with Gasteiger partial charge in [-0.25, -0.2) is 8.42 Å². The molecule has 0 spiro atoms. The number of hydrogen-bond donors (Lipinski definition) is 1. The van der Waals surface area contributed by atoms with Crippen molar-refractivity contribution in [1.29, 1.82) is 0 Å². The molecule has 0 aliphatic carbocycles. The van der Waals surface area contributed by atoms with E-state index in [1.165, 1.54) is 19.2 Å². The Labute approximate surface area is 177 Å². The van der Waals surface area contributed by atoms with Crippen molar-refractivity contribution in [3.8, 4) is 5.75 Å². The van der Waals surface area contributed by atoms with Gasteiger partial charge in [0.05, 0.1) is 28.7 Å². The molecule has 0 bridgehead atoms. The average molecular weight is 433 g/mol. The van der Waals surface area contributed by atoms with Crippen molar-refractivity contribution in [3.63, 3.8) is 0 Å². The molecule has 1 aliphatic rings. The van der Waals surface area contributed by atoms with Gasteiger partial charge in [-0.05, 0) is 24.0 Å². The number of ether oxygens (including phenoxy) is 1. The fraction of sp³-hybridized carbons (Fsp3) is 0.455. The number of nitrogens with one attached hydrogen (secondary N) is 1. The van der Waals surface area contributed by atoms with Crippen LogP contribution in [-0.2, 0) is 9.84 Å². The Morgan fingerprint density at radius 1 is 1.23 bits per heavy atom. The molecule has 0 amide bonds. The highest BCUT2D eigenvalue weighted by molar-refractivity contribution is 7.91. The van der Waals surface area contributed by atoms with Crippen LogP contribution in [0.4, 0.5) is 5.69 Å². The monoisotopic (exact) mass is 432 g/mol. The van der Waals surface area contributed by atoms with Gasteiger partial charge >= 0.3 is 5.69 Å². The molecule has 0 unspecified atom stereocenters. The van der Waals surface area contributed by atoms with Crippen LogP contribution in [0.2, 0.25) is 0 Å². The van der Waals surface area contributed by atoms with Crippen LogP contribution in [0, 0.1) is 10.1 Å². The zero-order chi connectivity index (χ0) is 21.9. The first-order chi connectivity index (χ1) is 14.3. The van der Waals surface area contributed by atoms with E-state index in [1.54, 1.807) is 0 Å². The quantitative estimate of drug-likeness (QED) is 0.514. The van der Waals surface area contributed by atoms with Crippen molar-refractivity contribution >= 4 is 15.5 Å². The third kappa shape index (κ3) is 4.20. The second-order valence-corrected chi connectivity index (χ2v) is 9.76. The van der Waals surface area contributed by atoms with Crippen LogP contribution in [0.25, 0.3) is 0 Å². The predicted molar refractivity (Wildman–Crippen MR) is 116 cm³/mol. The molecule has 8 heteroatoms. The number of benzene rings is 2. The van der Waals surface area contributed by atoms with Crippen LogP contribution in [-0.4, -0.2) is 31.7 Å². The third-order valence-corrected chi connectivity index (χ3v) is 7.85. The summed E-state index contributed by atoms with van der Waals surface area (Å²) in [4.78, 5) is 11.2. The lowest BCUT2D eigenvalue weighted by Gasteiger charge is -2.35. The molecule has 1 aliphatic heterocycles. The molecule has 30 heavy (non-hydrogen) atoms. The standard InChI is InChI=1S/C22H28N2O5S/c1-4-6-12-22(5-2)15-30(27,28)20-14-19(29-3)18(24(25)26)13-17(20)21(23-22)16-10-8-7-9-11-16/h7-11,13-14,21,23H,4-6,12,15H2,1-3H3/t21-,22-/m1/s1. The van der Waals surface area contributed by atoms with Crippen molar-refractivity contribution in [1.82, 2.24) is 5.32 Å². The fourth-order valence-electron chi connectivity index (χ4n) is 4.18. The summed E-state index contributed by atoms with van der Waals surface area (Å²) in [5.41, 5.74) is 0.382. The molecule has 2 atom stereocenters. The highest BCUT2D eigenvalue weighted by atomic mass is 32.2. The van der Waals surface area contributed by atoms with Crippen molar-refractivity contribution in [2.45, 2.75) is 56.0 Å². The molecule has 1 N–H and O–H groups in total. The number of fused-ring (bicyclic) bond motifs is 1. The van der Waals surface area contributed by atoms with Gasteiger partial charge in [0.2, 0.25) is 0 Å². The predicted octanol–water partition coefficient (Wildman–Crippen LogP) is 4.41. The van der Waals surface area contributed by atoms with E-state index >= 15 is 0 Å². The summed E-state index contributed by atoms with van der Waals surface area (Å²) in [7, 11) is -2.40. The lowest BCUT2D eigenvalue weighted by atomic mass is 9.88. The normalized spacial score (nSPS) is 22.7. The lowest BCUT2D eigenvalue weighted by molar-refractivity contribution is -0.385. The minimum Gasteiger partial charge on any atom is -0.490 e. The Kier molecular flexibility index (Phi) is 6.47. The summed E-state index contributed by atoms with van der Waals surface area (Å²) in [5.74, 6) is -0.111. The van der Waals surface area contributed by atoms with Crippen LogP contribution in [0.15, 0.2) is 47.4 Å². The average Bonchev–Trinajstić information content (AvgIpc) is 2.84. The van der Waals surface area contributed by atoms with Crippen molar-refractivity contribution < 1.29 is 18.1 Å². The SMILES string of the molecule is CCCC[C@]1(CC)CS(=O)(=O)c2cc(OC)c([N+](=O)[O-])cc2[C@@H](c2ccccc2)N1. The van der Waals surface area contributed by atoms with E-state index < -0.39 is 26.3 Å². The third-order valence-electron chi connectivity index (χ3n) is 5.89. The fourth-order valence-corrected chi connectivity index (χ4v) is 6.32. The molecule has 0 saturated heterocycles. The Bertz CT molecular complexity index is 1020. The topological polar surface area (TPSA) is 98.5 Å². The smallest absolute Gasteiger partial charge is 0.311 e. The summed E-state index contributed by atoms with van der Waals surface area (Å²) < 4.78 is 32.1. The van der Waals surface area contributed by atoms with Crippen molar-refractivity contribution in [3.05, 3.63) is 63.7 Å². The number of unbranched alkanes of at least 4 members (excludes halogenated alkanes) is 1. The molecule has 0 fully saturated rings. The Balaban J connectivity index is 2.31. The zero-order valence-corrected chi connectivity index (χ0v) is 18.4. The van der Waals surface area contributed by atoms with Gasteiger partial charge in [0.25, 0.3) is 0 Å². The molecule has 162 valence electrons. The highest BCUT2D eigenvalue weighted by Crippen LogP contribution is 2.42. The second-order valence-electron chi connectivity index (χ2n) is 7.80. The molecule has 2 aromatic rings. The van der Waals surface area contributed by atoms with Gasteiger partial charge in [-0.3, -0.25) is 15.4 Å². The van der Waals surface area contributed by atoms with E-state index in [9.17, 15) is 18.5 Å². The van der Waals surface area contributed by atoms with Gasteiger partial charge < -0.3 is 4.74 Å². The number of nitrogens with zero attached hydrogens (tertiary/aromatic N) is 1. The number of nitro benzene ring substituents is 1. The maximum atomic E-state index is 13.5. The molecule has 3 rings (SSSR count). The molecular formula is C22H28N2O5S. The maximum absolute atomic E-state index is 13.5. The zero-order valence-electron chi connectivity index (χ0n) is 17.6. The number of nitro groups is 1. The van der Waals surface area contributed by atoms with Crippen LogP contribution in [0.1, 0.15) is 56.7 Å². The molecule has 2 aromatic carbocycles. The Hall–Kier alpha value is -2.45.